The second-order valence-electron chi connectivity index (χ2n) is 10.1. The molecule has 17 heteroatoms. The summed E-state index contributed by atoms with van der Waals surface area (Å²) in [7, 11) is 1.38. The van der Waals surface area contributed by atoms with Gasteiger partial charge in [0, 0.05) is 24.2 Å². The minimum atomic E-state index is -1.77. The highest BCUT2D eigenvalue weighted by atomic mass is 17.2. The molecule has 0 radical (unpaired) electrons. The Labute approximate surface area is 248 Å². The second kappa shape index (κ2) is 12.2. The molecule has 2 aromatic rings. The molecular weight excluding hydrogens is 590 g/mol. The van der Waals surface area contributed by atoms with E-state index in [1.807, 2.05) is 6.07 Å². The van der Waals surface area contributed by atoms with E-state index in [9.17, 15) is 19.8 Å². The summed E-state index contributed by atoms with van der Waals surface area (Å²) in [6.45, 7) is -0.0633. The maximum atomic E-state index is 11.7. The highest BCUT2D eigenvalue weighted by Gasteiger charge is 2.49. The van der Waals surface area contributed by atoms with Gasteiger partial charge in [0.25, 0.3) is 0 Å². The predicted molar refractivity (Wildman–Crippen MR) is 142 cm³/mol. The molecule has 2 aromatic carbocycles. The van der Waals surface area contributed by atoms with Gasteiger partial charge in [-0.25, -0.2) is 5.48 Å². The van der Waals surface area contributed by atoms with Crippen LogP contribution >= 0.6 is 0 Å². The minimum absolute atomic E-state index is 0.122. The van der Waals surface area contributed by atoms with Gasteiger partial charge in [0.2, 0.25) is 12.8 Å². The van der Waals surface area contributed by atoms with Crippen LogP contribution < -0.4 is 35.0 Å². The maximum absolute atomic E-state index is 11.7. The van der Waals surface area contributed by atoms with Crippen molar-refractivity contribution in [1.82, 2.24) is 5.48 Å². The molecule has 17 nitrogen and oxygen atoms in total. The summed E-state index contributed by atoms with van der Waals surface area (Å²) in [6.07, 6.45) is -8.85. The lowest BCUT2D eigenvalue weighted by atomic mass is 9.89. The molecule has 1 saturated heterocycles. The molecule has 44 heavy (non-hydrogen) atoms. The number of aliphatic hydroxyl groups excluding tert-OH is 2. The van der Waals surface area contributed by atoms with Crippen LogP contribution in [0.2, 0.25) is 0 Å². The van der Waals surface area contributed by atoms with E-state index < -0.39 is 61.8 Å². The normalized spacial score (nSPS) is 28.1. The Kier molecular flexibility index (Phi) is 8.19. The van der Waals surface area contributed by atoms with Crippen LogP contribution in [0.3, 0.4) is 0 Å². The van der Waals surface area contributed by atoms with Gasteiger partial charge >= 0.3 is 11.9 Å². The van der Waals surface area contributed by atoms with Gasteiger partial charge in [-0.2, -0.15) is 4.89 Å². The first-order chi connectivity index (χ1) is 21.2. The van der Waals surface area contributed by atoms with E-state index in [4.69, 9.17) is 53.9 Å². The Hall–Kier alpha value is -4.55. The number of rotatable bonds is 9. The fraction of sp³-hybridized carbons (Fsp3) is 0.444. The highest BCUT2D eigenvalue weighted by molar-refractivity contribution is 5.90. The number of esters is 1. The number of benzene rings is 2. The number of fused-ring (bicyclic) bond motifs is 6. The van der Waals surface area contributed by atoms with Crippen molar-refractivity contribution in [2.24, 2.45) is 10.7 Å². The van der Waals surface area contributed by atoms with Crippen LogP contribution in [0.25, 0.3) is 0 Å². The van der Waals surface area contributed by atoms with Crippen LogP contribution in [0.4, 0.5) is 0 Å². The van der Waals surface area contributed by atoms with Gasteiger partial charge in [-0.15, -0.1) is 0 Å². The van der Waals surface area contributed by atoms with Crippen molar-refractivity contribution in [2.75, 3.05) is 27.1 Å². The molecule has 4 aliphatic heterocycles. The largest absolute Gasteiger partial charge is 0.492 e. The number of hydroxylamine groups is 1. The van der Waals surface area contributed by atoms with Gasteiger partial charge in [0.1, 0.15) is 48.9 Å². The van der Waals surface area contributed by atoms with Crippen molar-refractivity contribution < 1.29 is 67.9 Å². The van der Waals surface area contributed by atoms with Crippen LogP contribution in [0.5, 0.6) is 28.7 Å². The van der Waals surface area contributed by atoms with Crippen LogP contribution in [0.1, 0.15) is 29.6 Å². The number of carboxylic acids is 1. The lowest BCUT2D eigenvalue weighted by Gasteiger charge is -2.40. The fourth-order valence-corrected chi connectivity index (χ4v) is 5.20. The molecule has 4 aliphatic rings. The fourth-order valence-electron chi connectivity index (χ4n) is 5.20. The molecule has 6 N–H and O–H groups in total. The lowest BCUT2D eigenvalue weighted by Crippen LogP contribution is -2.62. The second-order valence-corrected chi connectivity index (χ2v) is 10.1. The van der Waals surface area contributed by atoms with Crippen LogP contribution in [-0.2, 0) is 28.8 Å². The van der Waals surface area contributed by atoms with Crippen LogP contribution in [0, 0.1) is 0 Å². The molecule has 0 aliphatic carbocycles. The summed E-state index contributed by atoms with van der Waals surface area (Å²) < 4.78 is 33.5. The summed E-state index contributed by atoms with van der Waals surface area (Å²) in [4.78, 5) is 42.6. The van der Waals surface area contributed by atoms with E-state index in [1.54, 1.807) is 24.3 Å². The first-order valence-corrected chi connectivity index (χ1v) is 13.4. The third kappa shape index (κ3) is 5.82. The standard InChI is InChI=1S/C27H29N3O14/c1-29-27(28)30-42-24-22(34)19(9-37-21(33)7-20(31)32)41-26(35)25(24)44-43-11-2-3-15-13(4-11)23-14(8-36-15)12-5-17-18(39-10-38-17)6-16(12)40-23/h2-6,14,19,22-26,34-35H,7-10H2,1H3,(H,31,32)(H3,28,29,30)/t14-,19-,22-,23-,24+,25-,26-/m1/s1. The van der Waals surface area contributed by atoms with E-state index in [-0.39, 0.29) is 24.4 Å². The van der Waals surface area contributed by atoms with Crippen molar-refractivity contribution in [1.29, 1.82) is 0 Å². The van der Waals surface area contributed by atoms with Crippen molar-refractivity contribution in [3.8, 4) is 28.7 Å². The monoisotopic (exact) mass is 619 g/mol. The summed E-state index contributed by atoms with van der Waals surface area (Å²) in [5, 5.41) is 30.4. The molecular formula is C27H29N3O14. The number of aliphatic carboxylic acids is 1. The first-order valence-electron chi connectivity index (χ1n) is 13.4. The molecule has 0 amide bonds. The van der Waals surface area contributed by atoms with E-state index in [1.165, 1.54) is 7.05 Å². The highest BCUT2D eigenvalue weighted by Crippen LogP contribution is 2.54. The first kappa shape index (κ1) is 29.5. The van der Waals surface area contributed by atoms with Crippen molar-refractivity contribution in [2.45, 2.75) is 49.1 Å². The number of nitrogens with zero attached hydrogens (tertiary/aromatic N) is 1. The van der Waals surface area contributed by atoms with Gasteiger partial charge in [-0.1, -0.05) is 0 Å². The Bertz CT molecular complexity index is 1450. The van der Waals surface area contributed by atoms with Gasteiger partial charge in [-0.05, 0) is 24.3 Å². The molecule has 0 saturated carbocycles. The average Bonchev–Trinajstić information content (AvgIpc) is 3.61. The SMILES string of the molecule is CN=C(N)NO[C@H]1[C@H](O)[C@@H](COC(=O)CC(=O)O)O[C@@H](O)[C@@H]1OOc1ccc2c(c1)[C@H]1Oc3cc4c(cc3[C@H]1CO2)OCO4. The average molecular weight is 620 g/mol. The van der Waals surface area contributed by atoms with Crippen LogP contribution in [0.15, 0.2) is 35.3 Å². The van der Waals surface area contributed by atoms with Gasteiger partial charge in [0.05, 0.1) is 12.5 Å². The quantitative estimate of drug-likeness (QED) is 0.0602. The van der Waals surface area contributed by atoms with Gasteiger partial charge in [0.15, 0.2) is 29.6 Å². The number of carbonyl (C=O) groups excluding carboxylic acids is 1. The molecule has 0 unspecified atom stereocenters. The van der Waals surface area contributed by atoms with Crippen molar-refractivity contribution >= 4 is 17.9 Å². The summed E-state index contributed by atoms with van der Waals surface area (Å²) >= 11 is 0. The Morgan fingerprint density at radius 3 is 2.61 bits per heavy atom. The maximum Gasteiger partial charge on any atom is 0.317 e. The zero-order valence-electron chi connectivity index (χ0n) is 23.1. The van der Waals surface area contributed by atoms with E-state index >= 15 is 0 Å². The minimum Gasteiger partial charge on any atom is -0.492 e. The Balaban J connectivity index is 1.15. The molecule has 7 atom stereocenters. The summed E-state index contributed by atoms with van der Waals surface area (Å²) in [5.74, 6) is -0.0624. The predicted octanol–water partition coefficient (Wildman–Crippen LogP) is -0.366. The molecule has 6 rings (SSSR count). The van der Waals surface area contributed by atoms with Crippen LogP contribution in [-0.4, -0.2) is 91.0 Å². The number of hydrogen-bond donors (Lipinski definition) is 5. The molecule has 0 aromatic heterocycles. The zero-order valence-corrected chi connectivity index (χ0v) is 23.1. The number of guanidine groups is 1. The van der Waals surface area contributed by atoms with Gasteiger partial charge in [-0.3, -0.25) is 19.4 Å². The Morgan fingerprint density at radius 1 is 1.05 bits per heavy atom. The summed E-state index contributed by atoms with van der Waals surface area (Å²) in [6, 6.07) is 8.59. The number of nitrogens with one attached hydrogen (secondary N) is 1. The van der Waals surface area contributed by atoms with Crippen molar-refractivity contribution in [3.05, 3.63) is 41.5 Å². The van der Waals surface area contributed by atoms with E-state index in [0.29, 0.717) is 35.2 Å². The molecule has 1 fully saturated rings. The summed E-state index contributed by atoms with van der Waals surface area (Å²) in [5.41, 5.74) is 9.55. The molecule has 0 bridgehead atoms. The molecule has 236 valence electrons. The Morgan fingerprint density at radius 2 is 1.84 bits per heavy atom. The smallest absolute Gasteiger partial charge is 0.317 e. The number of carboxylic acid groups (broad SMARTS) is 1. The number of nitrogens with two attached hydrogens (primary N) is 1. The topological polar surface area (TPSA) is 228 Å². The number of carbonyl (C=O) groups is 2. The third-order valence-corrected chi connectivity index (χ3v) is 7.37. The van der Waals surface area contributed by atoms with E-state index in [2.05, 4.69) is 10.5 Å². The van der Waals surface area contributed by atoms with Gasteiger partial charge < -0.3 is 54.4 Å². The van der Waals surface area contributed by atoms with E-state index in [0.717, 1.165) is 5.56 Å². The number of ether oxygens (including phenoxy) is 6. The molecule has 0 spiro atoms. The third-order valence-electron chi connectivity index (χ3n) is 7.37. The zero-order chi connectivity index (χ0) is 31.0. The molecule has 4 heterocycles. The van der Waals surface area contributed by atoms with Crippen molar-refractivity contribution in [3.63, 3.8) is 0 Å². The number of hydrogen-bond acceptors (Lipinski definition) is 14. The lowest BCUT2D eigenvalue weighted by molar-refractivity contribution is -0.372. The number of aliphatic hydroxyl groups is 2. The number of aliphatic imine (C=N–C) groups is 1.